The summed E-state index contributed by atoms with van der Waals surface area (Å²) < 4.78 is 0. The maximum atomic E-state index is 10.8. The molecule has 2 nitrogen and oxygen atoms in total. The van der Waals surface area contributed by atoms with Crippen molar-refractivity contribution in [3.63, 3.8) is 0 Å². The highest BCUT2D eigenvalue weighted by molar-refractivity contribution is 5.79. The molecule has 1 saturated carbocycles. The van der Waals surface area contributed by atoms with Crippen molar-refractivity contribution in [1.82, 2.24) is 0 Å². The minimum Gasteiger partial charge on any atom is -0.300 e. The molecule has 0 aromatic carbocycles. The molecule has 0 N–H and O–H groups in total. The predicted molar refractivity (Wildman–Crippen MR) is 37.1 cm³/mol. The molecule has 2 atom stereocenters. The molecule has 1 aliphatic carbocycles. The van der Waals surface area contributed by atoms with E-state index in [1.54, 1.807) is 0 Å². The van der Waals surface area contributed by atoms with Crippen LogP contribution in [0.4, 0.5) is 0 Å². The van der Waals surface area contributed by atoms with Gasteiger partial charge in [-0.3, -0.25) is 4.79 Å². The van der Waals surface area contributed by atoms with E-state index in [0.717, 1.165) is 6.42 Å². The molecule has 0 heterocycles. The summed E-state index contributed by atoms with van der Waals surface area (Å²) in [6, 6.07) is 2.16. The van der Waals surface area contributed by atoms with Gasteiger partial charge in [-0.15, -0.1) is 0 Å². The maximum absolute atomic E-state index is 10.8. The van der Waals surface area contributed by atoms with Crippen molar-refractivity contribution in [3.05, 3.63) is 0 Å². The Kier molecular flexibility index (Phi) is 2.06. The lowest BCUT2D eigenvalue weighted by Gasteiger charge is -2.21. The molecule has 10 heavy (non-hydrogen) atoms. The van der Waals surface area contributed by atoms with Gasteiger partial charge in [0, 0.05) is 12.8 Å². The molecule has 0 aromatic rings. The number of nitrogens with zero attached hydrogens (tertiary/aromatic N) is 1. The normalized spacial score (nSPS) is 33.4. The third-order valence-electron chi connectivity index (χ3n) is 2.18. The first-order valence-corrected chi connectivity index (χ1v) is 3.65. The Balaban J connectivity index is 2.56. The smallest absolute Gasteiger partial charge is 0.134 e. The molecule has 1 aliphatic rings. The summed E-state index contributed by atoms with van der Waals surface area (Å²) in [7, 11) is 0. The third-order valence-corrected chi connectivity index (χ3v) is 2.18. The summed E-state index contributed by atoms with van der Waals surface area (Å²) >= 11 is 0. The number of Topliss-reactive ketones (excluding diaryl/α,β-unsaturated/α-hetero) is 1. The lowest BCUT2D eigenvalue weighted by Crippen LogP contribution is -2.21. The molecule has 0 aromatic heterocycles. The summed E-state index contributed by atoms with van der Waals surface area (Å²) in [4.78, 5) is 10.8. The minimum absolute atomic E-state index is 0.0127. The van der Waals surface area contributed by atoms with Crippen LogP contribution in [-0.4, -0.2) is 5.78 Å². The van der Waals surface area contributed by atoms with Crippen molar-refractivity contribution in [2.75, 3.05) is 0 Å². The summed E-state index contributed by atoms with van der Waals surface area (Å²) in [5.41, 5.74) is 0. The van der Waals surface area contributed by atoms with E-state index in [4.69, 9.17) is 5.26 Å². The summed E-state index contributed by atoms with van der Waals surface area (Å²) in [6.45, 7) is 2.04. The zero-order valence-electron chi connectivity index (χ0n) is 6.13. The fourth-order valence-corrected chi connectivity index (χ4v) is 1.31. The van der Waals surface area contributed by atoms with Gasteiger partial charge in [0.1, 0.15) is 5.78 Å². The molecule has 2 unspecified atom stereocenters. The monoisotopic (exact) mass is 137 g/mol. The second kappa shape index (κ2) is 2.83. The van der Waals surface area contributed by atoms with Crippen molar-refractivity contribution in [3.8, 4) is 6.07 Å². The number of nitriles is 1. The van der Waals surface area contributed by atoms with Gasteiger partial charge in [-0.05, 0) is 12.3 Å². The number of ketones is 1. The van der Waals surface area contributed by atoms with Crippen LogP contribution in [0.5, 0.6) is 0 Å². The predicted octanol–water partition coefficient (Wildman–Crippen LogP) is 1.52. The van der Waals surface area contributed by atoms with Crippen LogP contribution in [0, 0.1) is 23.2 Å². The Morgan fingerprint density at radius 3 is 2.90 bits per heavy atom. The molecule has 1 rings (SSSR count). The standard InChI is InChI=1S/C8H11NO/c1-6-2-3-8(10)4-7(6)5-9/h6-7H,2-4H2,1H3. The Labute approximate surface area is 60.8 Å². The molecule has 0 spiro atoms. The zero-order valence-corrected chi connectivity index (χ0v) is 6.13. The summed E-state index contributed by atoms with van der Waals surface area (Å²) in [5, 5.41) is 8.58. The number of carbonyl (C=O) groups excluding carboxylic acids is 1. The Morgan fingerprint density at radius 1 is 1.70 bits per heavy atom. The number of hydrogen-bond acceptors (Lipinski definition) is 2. The van der Waals surface area contributed by atoms with Gasteiger partial charge in [0.2, 0.25) is 0 Å². The SMILES string of the molecule is CC1CCC(=O)CC1C#N. The fraction of sp³-hybridized carbons (Fsp3) is 0.750. The van der Waals surface area contributed by atoms with Crippen LogP contribution in [0.15, 0.2) is 0 Å². The topological polar surface area (TPSA) is 40.9 Å². The highest BCUT2D eigenvalue weighted by Gasteiger charge is 2.25. The van der Waals surface area contributed by atoms with Crippen molar-refractivity contribution >= 4 is 5.78 Å². The average Bonchev–Trinajstić information content (AvgIpc) is 1.94. The maximum Gasteiger partial charge on any atom is 0.134 e. The number of carbonyl (C=O) groups is 1. The van der Waals surface area contributed by atoms with Crippen LogP contribution in [0.25, 0.3) is 0 Å². The fourth-order valence-electron chi connectivity index (χ4n) is 1.31. The highest BCUT2D eigenvalue weighted by Crippen LogP contribution is 2.26. The quantitative estimate of drug-likeness (QED) is 0.507. The molecule has 0 aliphatic heterocycles. The minimum atomic E-state index is -0.0127. The molecular weight excluding hydrogens is 126 g/mol. The number of rotatable bonds is 0. The lowest BCUT2D eigenvalue weighted by atomic mass is 9.81. The molecule has 0 bridgehead atoms. The van der Waals surface area contributed by atoms with Crippen molar-refractivity contribution < 1.29 is 4.79 Å². The van der Waals surface area contributed by atoms with E-state index in [-0.39, 0.29) is 11.7 Å². The molecule has 1 fully saturated rings. The lowest BCUT2D eigenvalue weighted by molar-refractivity contribution is -0.121. The first kappa shape index (κ1) is 7.27. The van der Waals surface area contributed by atoms with Gasteiger partial charge in [-0.2, -0.15) is 5.26 Å². The Hall–Kier alpha value is -0.840. The van der Waals surface area contributed by atoms with Gasteiger partial charge in [-0.1, -0.05) is 6.92 Å². The van der Waals surface area contributed by atoms with Gasteiger partial charge < -0.3 is 0 Å². The molecule has 0 amide bonds. The second-order valence-electron chi connectivity index (χ2n) is 2.99. The van der Waals surface area contributed by atoms with E-state index in [0.29, 0.717) is 18.8 Å². The molecule has 54 valence electrons. The van der Waals surface area contributed by atoms with Gasteiger partial charge in [0.15, 0.2) is 0 Å². The zero-order chi connectivity index (χ0) is 7.56. The molecular formula is C8H11NO. The second-order valence-corrected chi connectivity index (χ2v) is 2.99. The highest BCUT2D eigenvalue weighted by atomic mass is 16.1. The van der Waals surface area contributed by atoms with Gasteiger partial charge >= 0.3 is 0 Å². The average molecular weight is 137 g/mol. The van der Waals surface area contributed by atoms with Crippen LogP contribution >= 0.6 is 0 Å². The van der Waals surface area contributed by atoms with E-state index in [1.807, 2.05) is 6.92 Å². The summed E-state index contributed by atoms with van der Waals surface area (Å²) in [5.74, 6) is 0.661. The Bertz CT molecular complexity index is 180. The molecule has 0 saturated heterocycles. The molecule has 2 heteroatoms. The van der Waals surface area contributed by atoms with Crippen molar-refractivity contribution in [1.29, 1.82) is 5.26 Å². The molecule has 0 radical (unpaired) electrons. The van der Waals surface area contributed by atoms with E-state index in [9.17, 15) is 4.79 Å². The van der Waals surface area contributed by atoms with E-state index < -0.39 is 0 Å². The van der Waals surface area contributed by atoms with E-state index >= 15 is 0 Å². The van der Waals surface area contributed by atoms with E-state index in [1.165, 1.54) is 0 Å². The van der Waals surface area contributed by atoms with Gasteiger partial charge in [0.25, 0.3) is 0 Å². The van der Waals surface area contributed by atoms with Crippen LogP contribution in [0.2, 0.25) is 0 Å². The first-order chi connectivity index (χ1) is 4.74. The van der Waals surface area contributed by atoms with E-state index in [2.05, 4.69) is 6.07 Å². The van der Waals surface area contributed by atoms with Gasteiger partial charge in [-0.25, -0.2) is 0 Å². The van der Waals surface area contributed by atoms with Crippen LogP contribution < -0.4 is 0 Å². The Morgan fingerprint density at radius 2 is 2.40 bits per heavy atom. The summed E-state index contributed by atoms with van der Waals surface area (Å²) in [6.07, 6.45) is 2.06. The third kappa shape index (κ3) is 1.36. The van der Waals surface area contributed by atoms with Crippen LogP contribution in [0.1, 0.15) is 26.2 Å². The van der Waals surface area contributed by atoms with Crippen LogP contribution in [-0.2, 0) is 4.79 Å². The van der Waals surface area contributed by atoms with Gasteiger partial charge in [0.05, 0.1) is 12.0 Å². The largest absolute Gasteiger partial charge is 0.300 e. The number of hydrogen-bond donors (Lipinski definition) is 0. The van der Waals surface area contributed by atoms with Crippen molar-refractivity contribution in [2.45, 2.75) is 26.2 Å². The first-order valence-electron chi connectivity index (χ1n) is 3.65. The van der Waals surface area contributed by atoms with Crippen LogP contribution in [0.3, 0.4) is 0 Å². The van der Waals surface area contributed by atoms with Crippen molar-refractivity contribution in [2.24, 2.45) is 11.8 Å².